The van der Waals surface area contributed by atoms with E-state index < -0.39 is 0 Å². The highest BCUT2D eigenvalue weighted by atomic mass is 32.1. The number of quaternary nitrogens is 1. The number of hydrogen-bond donors (Lipinski definition) is 3. The van der Waals surface area contributed by atoms with Gasteiger partial charge < -0.3 is 25.0 Å². The Bertz CT molecular complexity index is 746. The molecule has 1 fully saturated rings. The third kappa shape index (κ3) is 5.58. The van der Waals surface area contributed by atoms with Gasteiger partial charge >= 0.3 is 0 Å². The van der Waals surface area contributed by atoms with Crippen molar-refractivity contribution in [3.05, 3.63) is 54.1 Å². The minimum Gasteiger partial charge on any atom is -0.493 e. The molecule has 0 aliphatic carbocycles. The molecule has 0 spiro atoms. The first kappa shape index (κ1) is 19.5. The number of benzene rings is 2. The first-order valence-electron chi connectivity index (χ1n) is 9.35. The third-order valence-electron chi connectivity index (χ3n) is 4.97. The van der Waals surface area contributed by atoms with Crippen molar-refractivity contribution in [1.29, 1.82) is 0 Å². The highest BCUT2D eigenvalue weighted by Crippen LogP contribution is 2.29. The van der Waals surface area contributed by atoms with Gasteiger partial charge in [0.25, 0.3) is 0 Å². The second kappa shape index (κ2) is 9.58. The van der Waals surface area contributed by atoms with E-state index in [0.717, 1.165) is 38.2 Å². The first-order chi connectivity index (χ1) is 13.2. The number of anilines is 1. The second-order valence-corrected chi connectivity index (χ2v) is 7.26. The smallest absolute Gasteiger partial charge is 0.171 e. The van der Waals surface area contributed by atoms with Crippen LogP contribution in [0.15, 0.2) is 48.5 Å². The lowest BCUT2D eigenvalue weighted by Crippen LogP contribution is -3.12. The summed E-state index contributed by atoms with van der Waals surface area (Å²) in [7, 11) is 3.26. The van der Waals surface area contributed by atoms with Gasteiger partial charge in [0.1, 0.15) is 6.54 Å². The van der Waals surface area contributed by atoms with Crippen molar-refractivity contribution in [1.82, 2.24) is 5.32 Å². The summed E-state index contributed by atoms with van der Waals surface area (Å²) >= 11 is 5.49. The quantitative estimate of drug-likeness (QED) is 0.665. The molecular weight excluding hydrogens is 358 g/mol. The average Bonchev–Trinajstić information content (AvgIpc) is 2.70. The predicted molar refractivity (Wildman–Crippen MR) is 113 cm³/mol. The summed E-state index contributed by atoms with van der Waals surface area (Å²) in [6.45, 7) is 3.42. The van der Waals surface area contributed by atoms with Gasteiger partial charge in [0.05, 0.1) is 27.3 Å². The topological polar surface area (TPSA) is 47.0 Å². The minimum absolute atomic E-state index is 0.421. The van der Waals surface area contributed by atoms with Gasteiger partial charge in [-0.25, -0.2) is 0 Å². The van der Waals surface area contributed by atoms with Crippen molar-refractivity contribution in [3.63, 3.8) is 0 Å². The number of nitrogens with one attached hydrogen (secondary N) is 3. The zero-order valence-electron chi connectivity index (χ0n) is 16.0. The normalized spacial score (nSPS) is 19.2. The van der Waals surface area contributed by atoms with E-state index in [4.69, 9.17) is 21.7 Å². The first-order valence-corrected chi connectivity index (χ1v) is 9.76. The Labute approximate surface area is 166 Å². The monoisotopic (exact) mass is 386 g/mol. The minimum atomic E-state index is 0.421. The van der Waals surface area contributed by atoms with Crippen LogP contribution in [0.1, 0.15) is 18.4 Å². The van der Waals surface area contributed by atoms with Gasteiger partial charge in [0.2, 0.25) is 0 Å². The number of piperidine rings is 1. The van der Waals surface area contributed by atoms with Crippen LogP contribution < -0.4 is 25.0 Å². The van der Waals surface area contributed by atoms with Crippen LogP contribution >= 0.6 is 12.2 Å². The molecule has 0 aromatic heterocycles. The van der Waals surface area contributed by atoms with Crippen molar-refractivity contribution in [2.75, 3.05) is 32.6 Å². The Balaban J connectivity index is 1.45. The van der Waals surface area contributed by atoms with Crippen molar-refractivity contribution in [3.8, 4) is 11.5 Å². The molecule has 3 rings (SSSR count). The highest BCUT2D eigenvalue weighted by molar-refractivity contribution is 7.80. The Kier molecular flexibility index (Phi) is 6.90. The van der Waals surface area contributed by atoms with Crippen molar-refractivity contribution < 1.29 is 14.4 Å². The van der Waals surface area contributed by atoms with E-state index in [2.05, 4.69) is 41.0 Å². The second-order valence-electron chi connectivity index (χ2n) is 6.85. The van der Waals surface area contributed by atoms with E-state index in [1.165, 1.54) is 5.56 Å². The maximum Gasteiger partial charge on any atom is 0.171 e. The average molecular weight is 387 g/mol. The summed E-state index contributed by atoms with van der Waals surface area (Å²) in [5.41, 5.74) is 2.29. The lowest BCUT2D eigenvalue weighted by Gasteiger charge is -2.30. The third-order valence-corrected chi connectivity index (χ3v) is 5.19. The van der Waals surface area contributed by atoms with Gasteiger partial charge in [-0.05, 0) is 24.4 Å². The molecule has 1 aliphatic rings. The van der Waals surface area contributed by atoms with Crippen molar-refractivity contribution >= 4 is 23.0 Å². The zero-order chi connectivity index (χ0) is 19.1. The molecule has 2 aromatic carbocycles. The molecule has 0 atom stereocenters. The summed E-state index contributed by atoms with van der Waals surface area (Å²) in [4.78, 5) is 1.64. The van der Waals surface area contributed by atoms with Crippen LogP contribution in [-0.2, 0) is 6.54 Å². The van der Waals surface area contributed by atoms with Crippen molar-refractivity contribution in [2.45, 2.75) is 25.4 Å². The Hall–Kier alpha value is -2.31. The summed E-state index contributed by atoms with van der Waals surface area (Å²) in [5.74, 6) is 1.39. The fourth-order valence-electron chi connectivity index (χ4n) is 3.50. The molecule has 1 aliphatic heterocycles. The summed E-state index contributed by atoms with van der Waals surface area (Å²) < 4.78 is 10.6. The standard InChI is InChI=1S/C21H27N3O2S/c1-25-19-9-8-18(14-20(19)26-2)23-21(27)22-17-10-12-24(13-11-17)15-16-6-4-3-5-7-16/h3-9,14,17H,10-13,15H2,1-2H3,(H2,22,23,27)/p+1. The maximum absolute atomic E-state index is 5.49. The molecule has 0 bridgehead atoms. The molecule has 1 saturated heterocycles. The molecule has 6 heteroatoms. The van der Waals surface area contributed by atoms with Crippen LogP contribution in [0.25, 0.3) is 0 Å². The molecule has 2 aromatic rings. The van der Waals surface area contributed by atoms with Gasteiger partial charge in [-0.1, -0.05) is 30.3 Å². The van der Waals surface area contributed by atoms with Crippen molar-refractivity contribution in [2.24, 2.45) is 0 Å². The van der Waals surface area contributed by atoms with E-state index in [0.29, 0.717) is 22.7 Å². The fourth-order valence-corrected chi connectivity index (χ4v) is 3.78. The van der Waals surface area contributed by atoms with Gasteiger partial charge in [-0.3, -0.25) is 0 Å². The number of likely N-dealkylation sites (tertiary alicyclic amines) is 1. The molecule has 1 heterocycles. The Morgan fingerprint density at radius 3 is 2.41 bits per heavy atom. The van der Waals surface area contributed by atoms with E-state index >= 15 is 0 Å². The zero-order valence-corrected chi connectivity index (χ0v) is 16.8. The Morgan fingerprint density at radius 2 is 1.74 bits per heavy atom. The van der Waals surface area contributed by atoms with Gasteiger partial charge in [-0.15, -0.1) is 0 Å². The number of hydrogen-bond acceptors (Lipinski definition) is 3. The SMILES string of the molecule is COc1ccc(NC(=S)NC2CC[NH+](Cc3ccccc3)CC2)cc1OC. The van der Waals surface area contributed by atoms with Crippen LogP contribution in [0, 0.1) is 0 Å². The molecule has 27 heavy (non-hydrogen) atoms. The molecule has 0 saturated carbocycles. The summed E-state index contributed by atoms with van der Waals surface area (Å²) in [6, 6.07) is 16.8. The fraction of sp³-hybridized carbons (Fsp3) is 0.381. The maximum atomic E-state index is 5.49. The lowest BCUT2D eigenvalue weighted by molar-refractivity contribution is -0.918. The highest BCUT2D eigenvalue weighted by Gasteiger charge is 2.22. The number of rotatable bonds is 6. The van der Waals surface area contributed by atoms with Gasteiger partial charge in [0.15, 0.2) is 16.6 Å². The van der Waals surface area contributed by atoms with Crippen LogP contribution in [0.5, 0.6) is 11.5 Å². The molecule has 0 amide bonds. The largest absolute Gasteiger partial charge is 0.493 e. The lowest BCUT2D eigenvalue weighted by atomic mass is 10.0. The molecule has 5 nitrogen and oxygen atoms in total. The molecule has 3 N–H and O–H groups in total. The van der Waals surface area contributed by atoms with Crippen LogP contribution in [-0.4, -0.2) is 38.5 Å². The van der Waals surface area contributed by atoms with E-state index in [1.807, 2.05) is 18.2 Å². The van der Waals surface area contributed by atoms with Crippen LogP contribution in [0.4, 0.5) is 5.69 Å². The van der Waals surface area contributed by atoms with Gasteiger partial charge in [-0.2, -0.15) is 0 Å². The Morgan fingerprint density at radius 1 is 1.04 bits per heavy atom. The summed E-state index contributed by atoms with van der Waals surface area (Å²) in [6.07, 6.45) is 2.24. The van der Waals surface area contributed by atoms with Crippen LogP contribution in [0.3, 0.4) is 0 Å². The van der Waals surface area contributed by atoms with Gasteiger partial charge in [0, 0.05) is 36.2 Å². The summed E-state index contributed by atoms with van der Waals surface area (Å²) in [5, 5.41) is 7.35. The number of methoxy groups -OCH3 is 2. The molecule has 144 valence electrons. The number of ether oxygens (including phenoxy) is 2. The molecule has 0 unspecified atom stereocenters. The van der Waals surface area contributed by atoms with E-state index in [-0.39, 0.29) is 0 Å². The predicted octanol–water partition coefficient (Wildman–Crippen LogP) is 2.24. The number of thiocarbonyl (C=S) groups is 1. The van der Waals surface area contributed by atoms with Crippen LogP contribution in [0.2, 0.25) is 0 Å². The molecular formula is C21H28N3O2S+. The van der Waals surface area contributed by atoms with E-state index in [9.17, 15) is 0 Å². The molecule has 0 radical (unpaired) electrons. The van der Waals surface area contributed by atoms with E-state index in [1.54, 1.807) is 19.1 Å².